The summed E-state index contributed by atoms with van der Waals surface area (Å²) in [5.41, 5.74) is -3.11. The van der Waals surface area contributed by atoms with Gasteiger partial charge in [-0.1, -0.05) is 36.2 Å². The predicted molar refractivity (Wildman–Crippen MR) is 163 cm³/mol. The zero-order valence-electron chi connectivity index (χ0n) is 25.1. The van der Waals surface area contributed by atoms with E-state index in [1.54, 1.807) is 20.8 Å². The van der Waals surface area contributed by atoms with E-state index in [0.29, 0.717) is 15.2 Å². The lowest BCUT2D eigenvalue weighted by Gasteiger charge is -2.52. The molecule has 2 aromatic carbocycles. The molecule has 0 spiro atoms. The molecule has 1 fully saturated rings. The maximum Gasteiger partial charge on any atom is 0.406 e. The number of methoxy groups -OCH3 is 1. The van der Waals surface area contributed by atoms with Crippen molar-refractivity contribution in [2.45, 2.75) is 58.0 Å². The second-order valence-electron chi connectivity index (χ2n) is 11.2. The number of aromatic nitrogens is 1. The van der Waals surface area contributed by atoms with E-state index in [-0.39, 0.29) is 36.8 Å². The number of nitrogens with one attached hydrogen (secondary N) is 1. The highest BCUT2D eigenvalue weighted by atomic mass is 35.5. The number of benzene rings is 2. The van der Waals surface area contributed by atoms with Crippen molar-refractivity contribution in [1.82, 2.24) is 14.8 Å². The molecule has 2 amide bonds. The Labute approximate surface area is 270 Å². The topological polar surface area (TPSA) is 121 Å². The normalized spacial score (nSPS) is 18.5. The number of anilines is 1. The Balaban J connectivity index is 1.86. The van der Waals surface area contributed by atoms with Crippen LogP contribution in [0, 0.1) is 5.82 Å². The van der Waals surface area contributed by atoms with Crippen LogP contribution in [0.2, 0.25) is 10.0 Å². The van der Waals surface area contributed by atoms with Gasteiger partial charge in [-0.05, 0) is 44.0 Å². The molecule has 2 heterocycles. The van der Waals surface area contributed by atoms with E-state index in [9.17, 15) is 37.5 Å². The van der Waals surface area contributed by atoms with E-state index >= 15 is 4.39 Å². The van der Waals surface area contributed by atoms with E-state index in [2.05, 4.69) is 5.32 Å². The van der Waals surface area contributed by atoms with Gasteiger partial charge in [-0.15, -0.1) is 0 Å². The summed E-state index contributed by atoms with van der Waals surface area (Å²) in [5.74, 6) is -5.27. The molecule has 1 aliphatic rings. The minimum absolute atomic E-state index is 0.107. The van der Waals surface area contributed by atoms with Crippen molar-refractivity contribution in [2.75, 3.05) is 25.1 Å². The fourth-order valence-corrected chi connectivity index (χ4v) is 6.35. The smallest absolute Gasteiger partial charge is 0.406 e. The number of amides is 2. The number of pyridine rings is 1. The van der Waals surface area contributed by atoms with Gasteiger partial charge in [-0.25, -0.2) is 9.18 Å². The number of rotatable bonds is 7. The maximum absolute atomic E-state index is 16.1. The van der Waals surface area contributed by atoms with Gasteiger partial charge in [-0.2, -0.15) is 13.2 Å². The molecule has 2 N–H and O–H groups in total. The van der Waals surface area contributed by atoms with Crippen molar-refractivity contribution >= 4 is 57.6 Å². The molecule has 2 unspecified atom stereocenters. The van der Waals surface area contributed by atoms with Crippen LogP contribution in [0.5, 0.6) is 5.75 Å². The molecule has 46 heavy (non-hydrogen) atoms. The lowest BCUT2D eigenvalue weighted by Crippen LogP contribution is -2.67. The Kier molecular flexibility index (Phi) is 9.83. The van der Waals surface area contributed by atoms with Gasteiger partial charge in [0.05, 0.1) is 23.6 Å². The third kappa shape index (κ3) is 6.73. The van der Waals surface area contributed by atoms with Crippen molar-refractivity contribution < 1.29 is 41.8 Å². The SMILES string of the molecule is CCC1(C)CN(c2c(F)cc3c(=O)c(C(=O)NCc4ccc(Cl)cc4Cl)cn(CC(F)(F)F)c3c2OC)CC(C)N1C(=O)C(=O)O. The largest absolute Gasteiger partial charge is 0.492 e. The Bertz CT molecular complexity index is 1780. The second kappa shape index (κ2) is 13.0. The van der Waals surface area contributed by atoms with E-state index in [4.69, 9.17) is 27.9 Å². The number of hydrogen-bond acceptors (Lipinski definition) is 6. The molecule has 0 saturated carbocycles. The number of alkyl halides is 3. The van der Waals surface area contributed by atoms with Crippen LogP contribution in [0.4, 0.5) is 23.2 Å². The van der Waals surface area contributed by atoms with Crippen molar-refractivity contribution in [2.24, 2.45) is 0 Å². The minimum Gasteiger partial charge on any atom is -0.492 e. The molecule has 1 aromatic heterocycles. The van der Waals surface area contributed by atoms with Gasteiger partial charge in [-0.3, -0.25) is 14.4 Å². The standard InChI is InChI=1S/C30H30Cl2F4N4O6/c1-5-29(3)13-38(11-15(2)40(29)27(43)28(44)45)23-21(33)9-18-22(25(23)46-4)39(14-30(34,35)36)12-19(24(18)41)26(42)37-10-16-6-7-17(31)8-20(16)32/h6-9,12,15H,5,10-11,13-14H2,1-4H3,(H,37,42)(H,44,45). The quantitative estimate of drug-likeness (QED) is 0.257. The molecule has 1 saturated heterocycles. The number of aliphatic carboxylic acids is 1. The van der Waals surface area contributed by atoms with E-state index in [0.717, 1.165) is 19.4 Å². The van der Waals surface area contributed by atoms with Crippen LogP contribution >= 0.6 is 23.2 Å². The van der Waals surface area contributed by atoms with Gasteiger partial charge >= 0.3 is 18.1 Å². The van der Waals surface area contributed by atoms with Crippen LogP contribution in [-0.4, -0.2) is 70.3 Å². The van der Waals surface area contributed by atoms with Gasteiger partial charge in [0.15, 0.2) is 11.6 Å². The number of carboxylic acid groups (broad SMARTS) is 1. The number of carboxylic acids is 1. The lowest BCUT2D eigenvalue weighted by atomic mass is 9.89. The number of carbonyl (C=O) groups excluding carboxylic acids is 2. The molecule has 1 aliphatic heterocycles. The molecule has 3 aromatic rings. The first-order valence-electron chi connectivity index (χ1n) is 14.0. The monoisotopic (exact) mass is 688 g/mol. The summed E-state index contributed by atoms with van der Waals surface area (Å²) in [6.07, 6.45) is -3.84. The fraction of sp³-hybridized carbons (Fsp3) is 0.400. The molecular weight excluding hydrogens is 659 g/mol. The summed E-state index contributed by atoms with van der Waals surface area (Å²) in [4.78, 5) is 53.5. The Morgan fingerprint density at radius 2 is 1.87 bits per heavy atom. The van der Waals surface area contributed by atoms with Crippen molar-refractivity contribution in [1.29, 1.82) is 0 Å². The molecule has 2 atom stereocenters. The molecule has 16 heteroatoms. The van der Waals surface area contributed by atoms with Crippen molar-refractivity contribution in [3.05, 3.63) is 67.7 Å². The highest BCUT2D eigenvalue weighted by Gasteiger charge is 2.46. The Morgan fingerprint density at radius 1 is 1.20 bits per heavy atom. The highest BCUT2D eigenvalue weighted by molar-refractivity contribution is 6.35. The van der Waals surface area contributed by atoms with E-state index < -0.39 is 75.5 Å². The molecular formula is C30H30Cl2F4N4O6. The minimum atomic E-state index is -4.83. The highest BCUT2D eigenvalue weighted by Crippen LogP contribution is 2.42. The summed E-state index contributed by atoms with van der Waals surface area (Å²) in [5, 5.41) is 11.8. The summed E-state index contributed by atoms with van der Waals surface area (Å²) >= 11 is 12.0. The van der Waals surface area contributed by atoms with Crippen LogP contribution in [0.15, 0.2) is 35.3 Å². The van der Waals surface area contributed by atoms with E-state index in [1.165, 1.54) is 28.0 Å². The molecule has 0 bridgehead atoms. The van der Waals surface area contributed by atoms with Crippen LogP contribution in [0.3, 0.4) is 0 Å². The van der Waals surface area contributed by atoms with Gasteiger partial charge in [0, 0.05) is 41.9 Å². The Morgan fingerprint density at radius 3 is 2.43 bits per heavy atom. The number of fused-ring (bicyclic) bond motifs is 1. The molecule has 0 radical (unpaired) electrons. The van der Waals surface area contributed by atoms with Crippen molar-refractivity contribution in [3.63, 3.8) is 0 Å². The van der Waals surface area contributed by atoms with Crippen LogP contribution < -0.4 is 20.4 Å². The maximum atomic E-state index is 16.1. The summed E-state index contributed by atoms with van der Waals surface area (Å²) in [6, 6.07) is 4.45. The van der Waals surface area contributed by atoms with Crippen LogP contribution in [-0.2, 0) is 22.7 Å². The number of nitrogens with zero attached hydrogens (tertiary/aromatic N) is 3. The third-order valence-electron chi connectivity index (χ3n) is 8.01. The number of piperazine rings is 1. The van der Waals surface area contributed by atoms with Crippen LogP contribution in [0.25, 0.3) is 10.9 Å². The van der Waals surface area contributed by atoms with Crippen molar-refractivity contribution in [3.8, 4) is 5.75 Å². The first kappa shape index (κ1) is 34.8. The third-order valence-corrected chi connectivity index (χ3v) is 8.60. The summed E-state index contributed by atoms with van der Waals surface area (Å²) in [7, 11) is 1.10. The van der Waals surface area contributed by atoms with E-state index in [1.807, 2.05) is 0 Å². The van der Waals surface area contributed by atoms with Gasteiger partial charge < -0.3 is 29.5 Å². The Hall–Kier alpha value is -4.04. The number of carbonyl (C=O) groups is 3. The zero-order chi connectivity index (χ0) is 34.3. The first-order valence-corrected chi connectivity index (χ1v) is 14.7. The summed E-state index contributed by atoms with van der Waals surface area (Å²) < 4.78 is 63.7. The van der Waals surface area contributed by atoms with Gasteiger partial charge in [0.1, 0.15) is 17.8 Å². The average molecular weight is 689 g/mol. The first-order chi connectivity index (χ1) is 21.4. The van der Waals surface area contributed by atoms with Gasteiger partial charge in [0.2, 0.25) is 5.43 Å². The number of ether oxygens (including phenoxy) is 1. The summed E-state index contributed by atoms with van der Waals surface area (Å²) in [6.45, 7) is 2.83. The molecule has 10 nitrogen and oxygen atoms in total. The van der Waals surface area contributed by atoms with Crippen LogP contribution in [0.1, 0.15) is 43.1 Å². The molecule has 0 aliphatic carbocycles. The second-order valence-corrected chi connectivity index (χ2v) is 12.1. The number of hydrogen-bond donors (Lipinski definition) is 2. The lowest BCUT2D eigenvalue weighted by molar-refractivity contribution is -0.162. The number of halogens is 6. The molecule has 4 rings (SSSR count). The van der Waals surface area contributed by atoms with Gasteiger partial charge in [0.25, 0.3) is 5.91 Å². The fourth-order valence-electron chi connectivity index (χ4n) is 5.88. The predicted octanol–water partition coefficient (Wildman–Crippen LogP) is 5.24. The zero-order valence-corrected chi connectivity index (χ0v) is 26.6. The molecule has 248 valence electrons. The average Bonchev–Trinajstić information content (AvgIpc) is 2.96.